The van der Waals surface area contributed by atoms with Crippen LogP contribution in [0.15, 0.2) is 97.1 Å². The molecule has 0 atom stereocenters. The van der Waals surface area contributed by atoms with Crippen molar-refractivity contribution in [2.75, 3.05) is 26.4 Å². The highest BCUT2D eigenvalue weighted by Gasteiger charge is 2.26. The van der Waals surface area contributed by atoms with Gasteiger partial charge in [0.15, 0.2) is 0 Å². The normalized spacial score (nSPS) is 10.5. The molecule has 0 radical (unpaired) electrons. The van der Waals surface area contributed by atoms with Crippen molar-refractivity contribution in [3.8, 4) is 22.6 Å². The summed E-state index contributed by atoms with van der Waals surface area (Å²) in [6, 6.07) is 26.8. The Labute approximate surface area is 276 Å². The molecule has 11 nitrogen and oxygen atoms in total. The summed E-state index contributed by atoms with van der Waals surface area (Å²) in [7, 11) is -3.36. The Hall–Kier alpha value is -3.68. The Balaban J connectivity index is 0.000000288. The minimum absolute atomic E-state index is 0.129. The third-order valence-corrected chi connectivity index (χ3v) is 8.55. The summed E-state index contributed by atoms with van der Waals surface area (Å²) >= 11 is 2.20. The fourth-order valence-electron chi connectivity index (χ4n) is 3.75. The van der Waals surface area contributed by atoms with Crippen LogP contribution >= 0.6 is 30.2 Å². The van der Waals surface area contributed by atoms with Crippen molar-refractivity contribution in [3.63, 3.8) is 0 Å². The number of nitrogens with zero attached hydrogens (tertiary/aromatic N) is 2. The molecule has 0 saturated heterocycles. The van der Waals surface area contributed by atoms with E-state index >= 15 is 0 Å². The Morgan fingerprint density at radius 1 is 0.667 bits per heavy atom. The zero-order valence-corrected chi connectivity index (χ0v) is 28.5. The summed E-state index contributed by atoms with van der Waals surface area (Å²) < 4.78 is 34.7. The van der Waals surface area contributed by atoms with Gasteiger partial charge in [0.1, 0.15) is 5.75 Å². The molecule has 45 heavy (non-hydrogen) atoms. The first-order valence-corrected chi connectivity index (χ1v) is 16.7. The Morgan fingerprint density at radius 3 is 1.67 bits per heavy atom. The van der Waals surface area contributed by atoms with Crippen molar-refractivity contribution in [3.05, 3.63) is 121 Å². The number of hydrogen-bond acceptors (Lipinski definition) is 9. The Bertz CT molecular complexity index is 1540. The van der Waals surface area contributed by atoms with Crippen LogP contribution in [-0.4, -0.2) is 36.3 Å². The summed E-state index contributed by atoms with van der Waals surface area (Å²) in [5, 5.41) is 22.3. The van der Waals surface area contributed by atoms with E-state index in [1.807, 2.05) is 38.1 Å². The first kappa shape index (κ1) is 37.5. The van der Waals surface area contributed by atoms with E-state index in [-0.39, 0.29) is 35.3 Å². The van der Waals surface area contributed by atoms with Crippen molar-refractivity contribution in [2.45, 2.75) is 27.7 Å². The Morgan fingerprint density at radius 2 is 1.18 bits per heavy atom. The topological polar surface area (TPSA) is 140 Å². The van der Waals surface area contributed by atoms with Gasteiger partial charge in [-0.2, -0.15) is 0 Å². The van der Waals surface area contributed by atoms with Crippen molar-refractivity contribution >= 4 is 46.9 Å². The maximum atomic E-state index is 12.7. The second-order valence-electron chi connectivity index (χ2n) is 8.72. The monoisotopic (exact) mass is 750 g/mol. The van der Waals surface area contributed by atoms with Crippen LogP contribution in [0.1, 0.15) is 27.7 Å². The minimum atomic E-state index is -3.36. The highest BCUT2D eigenvalue weighted by molar-refractivity contribution is 14.1. The van der Waals surface area contributed by atoms with Crippen LogP contribution in [0.2, 0.25) is 0 Å². The lowest BCUT2D eigenvalue weighted by Crippen LogP contribution is -2.10. The third kappa shape index (κ3) is 12.0. The molecular formula is C32H36IN2O9P. The lowest BCUT2D eigenvalue weighted by molar-refractivity contribution is -0.385. The van der Waals surface area contributed by atoms with Gasteiger partial charge in [0.2, 0.25) is 5.75 Å². The van der Waals surface area contributed by atoms with Gasteiger partial charge in [0.05, 0.1) is 33.9 Å². The molecule has 0 N–H and O–H groups in total. The second kappa shape index (κ2) is 19.7. The van der Waals surface area contributed by atoms with E-state index < -0.39 is 12.5 Å². The molecule has 240 valence electrons. The number of hydrogen-bond donors (Lipinski definition) is 0. The molecule has 0 heterocycles. The minimum Gasteiger partial charge on any atom is -0.450 e. The van der Waals surface area contributed by atoms with E-state index in [1.165, 1.54) is 18.2 Å². The molecule has 4 rings (SSSR count). The predicted molar refractivity (Wildman–Crippen MR) is 184 cm³/mol. The molecule has 0 saturated carbocycles. The van der Waals surface area contributed by atoms with Gasteiger partial charge in [-0.3, -0.25) is 24.8 Å². The van der Waals surface area contributed by atoms with Crippen molar-refractivity contribution in [2.24, 2.45) is 0 Å². The van der Waals surface area contributed by atoms with Crippen LogP contribution < -0.4 is 10.0 Å². The van der Waals surface area contributed by atoms with Crippen LogP contribution in [0, 0.1) is 23.8 Å². The van der Waals surface area contributed by atoms with E-state index in [1.54, 1.807) is 68.4 Å². The summed E-state index contributed by atoms with van der Waals surface area (Å²) in [6.45, 7) is 9.65. The zero-order chi connectivity index (χ0) is 33.2. The number of nitro benzene ring substituents is 2. The maximum Gasteiger partial charge on any atom is 0.361 e. The smallest absolute Gasteiger partial charge is 0.361 e. The molecule has 4 aromatic rings. The highest BCUT2D eigenvalue weighted by Crippen LogP contribution is 2.47. The number of halogens is 1. The largest absolute Gasteiger partial charge is 0.450 e. The quantitative estimate of drug-likeness (QED) is 0.0600. The average molecular weight is 751 g/mol. The van der Waals surface area contributed by atoms with Crippen molar-refractivity contribution < 1.29 is 32.9 Å². The van der Waals surface area contributed by atoms with Crippen LogP contribution in [0.4, 0.5) is 11.4 Å². The summed E-state index contributed by atoms with van der Waals surface area (Å²) in [5.74, 6) is 0.514. The van der Waals surface area contributed by atoms with E-state index in [9.17, 15) is 24.8 Å². The lowest BCUT2D eigenvalue weighted by atomic mass is 10.0. The standard InChI is InChI=1S/C16H18NO6P.C12H8INO2.C4H10O/c1-3-21-24(20,22-4-2)14-11-9-13(10-12-14)23-16-8-6-5-7-15(16)17(18)19;13-10-7-5-9(6-8-10)11-3-1-2-4-12(11)14(15)16;1-3-5-4-2/h5-12H,3-4H2,1-2H3;1-8H;3-4H2,1-2H3. The lowest BCUT2D eigenvalue weighted by Gasteiger charge is -2.17. The van der Waals surface area contributed by atoms with Gasteiger partial charge in [0, 0.05) is 28.9 Å². The van der Waals surface area contributed by atoms with Crippen LogP contribution in [0.3, 0.4) is 0 Å². The van der Waals surface area contributed by atoms with Gasteiger partial charge in [-0.25, -0.2) is 0 Å². The summed E-state index contributed by atoms with van der Waals surface area (Å²) in [4.78, 5) is 21.0. The number of rotatable bonds is 12. The maximum absolute atomic E-state index is 12.7. The molecule has 0 unspecified atom stereocenters. The van der Waals surface area contributed by atoms with Crippen molar-refractivity contribution in [1.29, 1.82) is 0 Å². The van der Waals surface area contributed by atoms with Gasteiger partial charge in [-0.05, 0) is 104 Å². The summed E-state index contributed by atoms with van der Waals surface area (Å²) in [5.41, 5.74) is 1.54. The number of nitro groups is 2. The predicted octanol–water partition coefficient (Wildman–Crippen LogP) is 9.19. The highest BCUT2D eigenvalue weighted by atomic mass is 127. The fraction of sp³-hybridized carbons (Fsp3) is 0.250. The van der Waals surface area contributed by atoms with E-state index in [0.29, 0.717) is 16.6 Å². The molecule has 0 aromatic heterocycles. The summed E-state index contributed by atoms with van der Waals surface area (Å²) in [6.07, 6.45) is 0. The number of benzene rings is 4. The molecule has 4 aromatic carbocycles. The van der Waals surface area contributed by atoms with Gasteiger partial charge in [0.25, 0.3) is 5.69 Å². The zero-order valence-electron chi connectivity index (χ0n) is 25.5. The molecule has 0 aliphatic carbocycles. The molecule has 0 amide bonds. The average Bonchev–Trinajstić information content (AvgIpc) is 3.03. The molecular weight excluding hydrogens is 714 g/mol. The first-order valence-electron chi connectivity index (χ1n) is 14.1. The third-order valence-electron chi connectivity index (χ3n) is 5.71. The molecule has 0 bridgehead atoms. The number of para-hydroxylation sites is 3. The van der Waals surface area contributed by atoms with Gasteiger partial charge >= 0.3 is 13.3 Å². The van der Waals surface area contributed by atoms with Gasteiger partial charge < -0.3 is 18.5 Å². The van der Waals surface area contributed by atoms with Gasteiger partial charge in [-0.15, -0.1) is 0 Å². The molecule has 0 spiro atoms. The van der Waals surface area contributed by atoms with E-state index in [2.05, 4.69) is 22.6 Å². The van der Waals surface area contributed by atoms with Crippen LogP contribution in [0.5, 0.6) is 11.5 Å². The fourth-order valence-corrected chi connectivity index (χ4v) is 5.68. The first-order chi connectivity index (χ1) is 21.6. The molecule has 0 aliphatic rings. The molecule has 13 heteroatoms. The number of ether oxygens (including phenoxy) is 2. The van der Waals surface area contributed by atoms with Crippen LogP contribution in [-0.2, 0) is 18.3 Å². The molecule has 0 fully saturated rings. The molecule has 0 aliphatic heterocycles. The van der Waals surface area contributed by atoms with E-state index in [0.717, 1.165) is 22.3 Å². The SMILES string of the molecule is CCOCC.CCOP(=O)(OCC)c1ccc(Oc2ccccc2[N+](=O)[O-])cc1.O=[N+]([O-])c1ccccc1-c1ccc(I)cc1. The van der Waals surface area contributed by atoms with Crippen molar-refractivity contribution in [1.82, 2.24) is 0 Å². The van der Waals surface area contributed by atoms with Crippen LogP contribution in [0.25, 0.3) is 11.1 Å². The second-order valence-corrected chi connectivity index (χ2v) is 12.0. The van der Waals surface area contributed by atoms with E-state index in [4.69, 9.17) is 18.5 Å². The van der Waals surface area contributed by atoms with Gasteiger partial charge in [-0.1, -0.05) is 36.4 Å². The Kier molecular flexibility index (Phi) is 16.4.